The normalized spacial score (nSPS) is 9.23. The van der Waals surface area contributed by atoms with Crippen molar-refractivity contribution >= 4 is 30.2 Å². The topological polar surface area (TPSA) is 204 Å². The predicted octanol–water partition coefficient (Wildman–Crippen LogP) is 0.736. The van der Waals surface area contributed by atoms with Gasteiger partial charge in [0.15, 0.2) is 0 Å². The van der Waals surface area contributed by atoms with Gasteiger partial charge in [-0.2, -0.15) is 0 Å². The summed E-state index contributed by atoms with van der Waals surface area (Å²) in [4.78, 5) is 57.4. The SMILES string of the molecule is C=CC(=O)OCC(CO)(CO)COC(=O)C=C.CCOC(N)=O.O=C=NCCCCCCN=C=O. The molecule has 13 heteroatoms. The minimum atomic E-state index is -1.22. The van der Waals surface area contributed by atoms with Gasteiger partial charge < -0.3 is 30.2 Å². The number of nitrogens with two attached hydrogens (primary N) is 1. The molecule has 198 valence electrons. The number of nitrogens with zero attached hydrogens (tertiary/aromatic N) is 2. The van der Waals surface area contributed by atoms with Crippen molar-refractivity contribution in [2.45, 2.75) is 32.6 Å². The molecule has 0 aromatic heterocycles. The van der Waals surface area contributed by atoms with E-state index < -0.39 is 36.7 Å². The molecule has 4 N–H and O–H groups in total. The van der Waals surface area contributed by atoms with Gasteiger partial charge in [-0.1, -0.05) is 26.0 Å². The van der Waals surface area contributed by atoms with E-state index in [-0.39, 0.29) is 13.2 Å². The Hall–Kier alpha value is -3.63. The summed E-state index contributed by atoms with van der Waals surface area (Å²) in [5, 5.41) is 18.3. The Morgan fingerprint density at radius 3 is 1.49 bits per heavy atom. The monoisotopic (exact) mass is 501 g/mol. The molecule has 0 spiro atoms. The third kappa shape index (κ3) is 26.5. The van der Waals surface area contributed by atoms with E-state index in [2.05, 4.69) is 33.6 Å². The van der Waals surface area contributed by atoms with Crippen LogP contribution in [-0.4, -0.2) is 86.5 Å². The molecular formula is C22H35N3O10. The number of carbonyl (C=O) groups is 3. The van der Waals surface area contributed by atoms with Crippen LogP contribution < -0.4 is 5.73 Å². The van der Waals surface area contributed by atoms with Crippen LogP contribution in [0.25, 0.3) is 0 Å². The Morgan fingerprint density at radius 1 is 0.857 bits per heavy atom. The maximum Gasteiger partial charge on any atom is 0.404 e. The van der Waals surface area contributed by atoms with Gasteiger partial charge in [-0.15, -0.1) is 0 Å². The second-order valence-electron chi connectivity index (χ2n) is 6.55. The fourth-order valence-corrected chi connectivity index (χ4v) is 1.81. The highest BCUT2D eigenvalue weighted by atomic mass is 16.6. The molecule has 1 amide bonds. The van der Waals surface area contributed by atoms with Crippen molar-refractivity contribution in [1.29, 1.82) is 0 Å². The molecule has 35 heavy (non-hydrogen) atoms. The summed E-state index contributed by atoms with van der Waals surface area (Å²) in [5.74, 6) is -1.38. The zero-order valence-electron chi connectivity index (χ0n) is 20.0. The third-order valence-electron chi connectivity index (χ3n) is 3.75. The van der Waals surface area contributed by atoms with Crippen LogP contribution in [0.5, 0.6) is 0 Å². The van der Waals surface area contributed by atoms with Crippen LogP contribution in [0.4, 0.5) is 4.79 Å². The van der Waals surface area contributed by atoms with E-state index in [1.54, 1.807) is 6.92 Å². The van der Waals surface area contributed by atoms with Gasteiger partial charge in [0.25, 0.3) is 0 Å². The van der Waals surface area contributed by atoms with E-state index in [0.29, 0.717) is 19.7 Å². The average molecular weight is 502 g/mol. The van der Waals surface area contributed by atoms with Crippen LogP contribution in [0.1, 0.15) is 32.6 Å². The quantitative estimate of drug-likeness (QED) is 0.0675. The Morgan fingerprint density at radius 2 is 1.26 bits per heavy atom. The lowest BCUT2D eigenvalue weighted by Crippen LogP contribution is -2.40. The van der Waals surface area contributed by atoms with Crippen molar-refractivity contribution < 1.29 is 48.4 Å². The number of esters is 2. The highest BCUT2D eigenvalue weighted by Crippen LogP contribution is 2.17. The Bertz CT molecular complexity index is 662. The number of carbonyl (C=O) groups excluding carboxylic acids is 5. The van der Waals surface area contributed by atoms with E-state index in [4.69, 9.17) is 19.7 Å². The van der Waals surface area contributed by atoms with Crippen LogP contribution in [0.15, 0.2) is 35.3 Å². The molecule has 13 nitrogen and oxygen atoms in total. The summed E-state index contributed by atoms with van der Waals surface area (Å²) in [6.07, 6.45) is 8.00. The Balaban J connectivity index is -0.000000493. The molecule has 0 aliphatic rings. The first-order chi connectivity index (χ1) is 16.7. The number of rotatable bonds is 16. The van der Waals surface area contributed by atoms with Gasteiger partial charge in [0.1, 0.15) is 13.2 Å². The molecule has 0 aromatic carbocycles. The van der Waals surface area contributed by atoms with E-state index >= 15 is 0 Å². The Kier molecular flexibility index (Phi) is 27.3. The first-order valence-corrected chi connectivity index (χ1v) is 10.5. The standard InChI is InChI=1S/C11H16O6.C8H12N2O2.C3H7NO2/c1-3-9(14)16-7-11(5-12,6-13)8-17-10(15)4-2;11-7-9-5-3-1-2-4-6-10-8-12;1-2-6-3(4)5/h3-4,12-13H,1-2,5-8H2;1-6H2;2H2,1H3,(H2,4,5). The van der Waals surface area contributed by atoms with E-state index in [0.717, 1.165) is 37.8 Å². The predicted molar refractivity (Wildman–Crippen MR) is 125 cm³/mol. The third-order valence-corrected chi connectivity index (χ3v) is 3.75. The minimum absolute atomic E-state index is 0.282. The molecule has 0 fully saturated rings. The zero-order chi connectivity index (χ0) is 27.4. The molecule has 0 heterocycles. The molecule has 0 aromatic rings. The smallest absolute Gasteiger partial charge is 0.404 e. The van der Waals surface area contributed by atoms with Crippen molar-refractivity contribution in [3.8, 4) is 0 Å². The number of aliphatic imine (C=N–C) groups is 2. The summed E-state index contributed by atoms with van der Waals surface area (Å²) in [6.45, 7) is 8.00. The lowest BCUT2D eigenvalue weighted by atomic mass is 9.92. The number of ether oxygens (including phenoxy) is 3. The molecule has 0 aliphatic heterocycles. The molecule has 0 saturated carbocycles. The molecular weight excluding hydrogens is 466 g/mol. The van der Waals surface area contributed by atoms with Gasteiger partial charge in [0.05, 0.1) is 38.3 Å². The van der Waals surface area contributed by atoms with Gasteiger partial charge in [0, 0.05) is 12.2 Å². The fourth-order valence-electron chi connectivity index (χ4n) is 1.81. The number of unbranched alkanes of at least 4 members (excludes halogenated alkanes) is 3. The number of hydrogen-bond acceptors (Lipinski definition) is 12. The lowest BCUT2D eigenvalue weighted by molar-refractivity contribution is -0.152. The highest BCUT2D eigenvalue weighted by Gasteiger charge is 2.32. The van der Waals surface area contributed by atoms with Crippen LogP contribution in [-0.2, 0) is 33.4 Å². The first-order valence-electron chi connectivity index (χ1n) is 10.5. The molecule has 0 radical (unpaired) electrons. The van der Waals surface area contributed by atoms with Crippen molar-refractivity contribution in [1.82, 2.24) is 0 Å². The maximum absolute atomic E-state index is 10.9. The van der Waals surface area contributed by atoms with Crippen molar-refractivity contribution in [3.05, 3.63) is 25.3 Å². The van der Waals surface area contributed by atoms with Crippen molar-refractivity contribution in [2.24, 2.45) is 21.1 Å². The molecule has 0 saturated heterocycles. The summed E-state index contributed by atoms with van der Waals surface area (Å²) in [6, 6.07) is 0. The zero-order valence-corrected chi connectivity index (χ0v) is 20.0. The van der Waals surface area contributed by atoms with Gasteiger partial charge >= 0.3 is 18.0 Å². The maximum atomic E-state index is 10.9. The second kappa shape index (κ2) is 26.6. The highest BCUT2D eigenvalue weighted by molar-refractivity contribution is 5.81. The number of aliphatic hydroxyl groups excluding tert-OH is 2. The first kappa shape index (κ1) is 35.9. The minimum Gasteiger partial charge on any atom is -0.462 e. The number of aliphatic hydroxyl groups is 2. The van der Waals surface area contributed by atoms with Gasteiger partial charge in [-0.3, -0.25) is 0 Å². The molecule has 0 atom stereocenters. The summed E-state index contributed by atoms with van der Waals surface area (Å²) in [5.41, 5.74) is 3.32. The number of hydrogen-bond donors (Lipinski definition) is 3. The van der Waals surface area contributed by atoms with E-state index in [1.807, 2.05) is 0 Å². The Labute approximate surface area is 204 Å². The van der Waals surface area contributed by atoms with Crippen molar-refractivity contribution in [2.75, 3.05) is 46.1 Å². The van der Waals surface area contributed by atoms with Crippen LogP contribution in [0.3, 0.4) is 0 Å². The van der Waals surface area contributed by atoms with Crippen LogP contribution >= 0.6 is 0 Å². The molecule has 0 unspecified atom stereocenters. The second-order valence-corrected chi connectivity index (χ2v) is 6.55. The lowest BCUT2D eigenvalue weighted by Gasteiger charge is -2.27. The largest absolute Gasteiger partial charge is 0.462 e. The number of amides is 1. The molecule has 0 bridgehead atoms. The summed E-state index contributed by atoms with van der Waals surface area (Å²) >= 11 is 0. The average Bonchev–Trinajstić information content (AvgIpc) is 2.86. The van der Waals surface area contributed by atoms with Gasteiger partial charge in [-0.25, -0.2) is 34.0 Å². The van der Waals surface area contributed by atoms with Gasteiger partial charge in [-0.05, 0) is 19.8 Å². The van der Waals surface area contributed by atoms with Crippen LogP contribution in [0.2, 0.25) is 0 Å². The summed E-state index contributed by atoms with van der Waals surface area (Å²) < 4.78 is 13.6. The number of isocyanates is 2. The molecule has 0 aliphatic carbocycles. The fraction of sp³-hybridized carbons (Fsp3) is 0.591. The van der Waals surface area contributed by atoms with Gasteiger partial charge in [0.2, 0.25) is 12.2 Å². The van der Waals surface area contributed by atoms with E-state index in [9.17, 15) is 24.0 Å². The van der Waals surface area contributed by atoms with E-state index in [1.165, 1.54) is 12.2 Å². The van der Waals surface area contributed by atoms with Crippen LogP contribution in [0, 0.1) is 5.41 Å². The van der Waals surface area contributed by atoms with Crippen molar-refractivity contribution in [3.63, 3.8) is 0 Å². The summed E-state index contributed by atoms with van der Waals surface area (Å²) in [7, 11) is 0. The number of primary amides is 1. The molecule has 0 rings (SSSR count).